The van der Waals surface area contributed by atoms with Crippen LogP contribution < -0.4 is 4.90 Å². The highest BCUT2D eigenvalue weighted by atomic mass is 35.5. The Morgan fingerprint density at radius 3 is 2.30 bits per heavy atom. The summed E-state index contributed by atoms with van der Waals surface area (Å²) in [5, 5.41) is 6.33. The Bertz CT molecular complexity index is 1450. The third-order valence-electron chi connectivity index (χ3n) is 6.22. The molecule has 1 fully saturated rings. The first-order valence-corrected chi connectivity index (χ1v) is 13.0. The highest BCUT2D eigenvalue weighted by Gasteiger charge is 2.28. The molecule has 0 unspecified atom stereocenters. The molecular formula is C28H29Cl2N5O2. The maximum Gasteiger partial charge on any atom is 0.410 e. The minimum Gasteiger partial charge on any atom is -0.444 e. The van der Waals surface area contributed by atoms with Crippen molar-refractivity contribution in [2.45, 2.75) is 33.3 Å². The number of anilines is 1. The van der Waals surface area contributed by atoms with Crippen LogP contribution in [0.15, 0.2) is 54.6 Å². The molecule has 0 saturated carbocycles. The molecule has 192 valence electrons. The quantitative estimate of drug-likeness (QED) is 0.289. The van der Waals surface area contributed by atoms with Crippen LogP contribution in [0.25, 0.3) is 28.0 Å². The van der Waals surface area contributed by atoms with Gasteiger partial charge in [-0.05, 0) is 51.5 Å². The molecule has 0 bridgehead atoms. The first-order valence-electron chi connectivity index (χ1n) is 12.2. The Hall–Kier alpha value is -3.29. The number of amides is 1. The van der Waals surface area contributed by atoms with E-state index in [1.54, 1.807) is 4.90 Å². The van der Waals surface area contributed by atoms with Crippen LogP contribution in [-0.2, 0) is 4.74 Å². The second-order valence-corrected chi connectivity index (χ2v) is 11.0. The average molecular weight is 538 g/mol. The maximum atomic E-state index is 12.6. The molecule has 1 saturated heterocycles. The van der Waals surface area contributed by atoms with Crippen molar-refractivity contribution in [3.63, 3.8) is 0 Å². The molecule has 0 N–H and O–H groups in total. The maximum absolute atomic E-state index is 12.6. The van der Waals surface area contributed by atoms with Gasteiger partial charge in [-0.3, -0.25) is 0 Å². The van der Waals surface area contributed by atoms with Gasteiger partial charge < -0.3 is 14.5 Å². The molecule has 4 aromatic rings. The van der Waals surface area contributed by atoms with E-state index in [0.29, 0.717) is 36.2 Å². The number of carbonyl (C=O) groups excluding carboxylic acids is 1. The fourth-order valence-electron chi connectivity index (χ4n) is 4.51. The van der Waals surface area contributed by atoms with Crippen LogP contribution in [0.3, 0.4) is 0 Å². The number of piperazine rings is 1. The van der Waals surface area contributed by atoms with E-state index in [1.165, 1.54) is 0 Å². The zero-order chi connectivity index (χ0) is 26.3. The summed E-state index contributed by atoms with van der Waals surface area (Å²) in [6, 6.07) is 17.4. The summed E-state index contributed by atoms with van der Waals surface area (Å²) in [5.74, 6) is 0.917. The number of halogens is 2. The smallest absolute Gasteiger partial charge is 0.410 e. The van der Waals surface area contributed by atoms with E-state index in [9.17, 15) is 4.79 Å². The lowest BCUT2D eigenvalue weighted by Crippen LogP contribution is -2.50. The van der Waals surface area contributed by atoms with Gasteiger partial charge in [0.25, 0.3) is 0 Å². The lowest BCUT2D eigenvalue weighted by Gasteiger charge is -2.36. The first kappa shape index (κ1) is 25.4. The van der Waals surface area contributed by atoms with Crippen molar-refractivity contribution in [2.24, 2.45) is 0 Å². The molecule has 1 amide bonds. The van der Waals surface area contributed by atoms with Gasteiger partial charge in [-0.25, -0.2) is 9.78 Å². The molecule has 3 heterocycles. The average Bonchev–Trinajstić information content (AvgIpc) is 3.22. The van der Waals surface area contributed by atoms with E-state index < -0.39 is 5.60 Å². The number of aromatic nitrogens is 3. The predicted octanol–water partition coefficient (Wildman–Crippen LogP) is 6.74. The van der Waals surface area contributed by atoms with Crippen molar-refractivity contribution < 1.29 is 9.53 Å². The summed E-state index contributed by atoms with van der Waals surface area (Å²) >= 11 is 12.8. The molecule has 9 heteroatoms. The highest BCUT2D eigenvalue weighted by Crippen LogP contribution is 2.39. The monoisotopic (exact) mass is 537 g/mol. The Morgan fingerprint density at radius 1 is 0.973 bits per heavy atom. The van der Waals surface area contributed by atoms with Crippen LogP contribution >= 0.6 is 23.2 Å². The van der Waals surface area contributed by atoms with Crippen molar-refractivity contribution in [1.82, 2.24) is 19.5 Å². The summed E-state index contributed by atoms with van der Waals surface area (Å²) in [6.07, 6.45) is -0.284. The molecular weight excluding hydrogens is 509 g/mol. The van der Waals surface area contributed by atoms with Gasteiger partial charge in [0.2, 0.25) is 0 Å². The van der Waals surface area contributed by atoms with Crippen LogP contribution in [0.1, 0.15) is 26.5 Å². The van der Waals surface area contributed by atoms with Gasteiger partial charge in [0, 0.05) is 48.5 Å². The number of carbonyl (C=O) groups is 1. The molecule has 1 aliphatic heterocycles. The van der Waals surface area contributed by atoms with Gasteiger partial charge >= 0.3 is 6.09 Å². The van der Waals surface area contributed by atoms with Crippen LogP contribution in [0.5, 0.6) is 0 Å². The van der Waals surface area contributed by atoms with Gasteiger partial charge in [-0.2, -0.15) is 9.61 Å². The second-order valence-electron chi connectivity index (χ2n) is 10.2. The summed E-state index contributed by atoms with van der Waals surface area (Å²) < 4.78 is 7.45. The normalized spacial score (nSPS) is 14.3. The summed E-state index contributed by atoms with van der Waals surface area (Å²) in [6.45, 7) is 10.0. The van der Waals surface area contributed by atoms with Crippen molar-refractivity contribution >= 4 is 40.8 Å². The van der Waals surface area contributed by atoms with Crippen LogP contribution in [0, 0.1) is 6.92 Å². The number of aryl methyl sites for hydroxylation is 1. The molecule has 0 spiro atoms. The topological polar surface area (TPSA) is 63.0 Å². The van der Waals surface area contributed by atoms with E-state index >= 15 is 0 Å². The molecule has 5 rings (SSSR count). The van der Waals surface area contributed by atoms with Gasteiger partial charge in [0.1, 0.15) is 17.1 Å². The lowest BCUT2D eigenvalue weighted by atomic mass is 10.0. The number of fused-ring (bicyclic) bond motifs is 1. The summed E-state index contributed by atoms with van der Waals surface area (Å²) in [4.78, 5) is 21.5. The summed E-state index contributed by atoms with van der Waals surface area (Å²) in [7, 11) is 0. The van der Waals surface area contributed by atoms with Crippen molar-refractivity contribution in [3.8, 4) is 22.4 Å². The first-order chi connectivity index (χ1) is 17.6. The second kappa shape index (κ2) is 9.88. The van der Waals surface area contributed by atoms with E-state index in [-0.39, 0.29) is 6.09 Å². The minimum atomic E-state index is -0.523. The van der Waals surface area contributed by atoms with Crippen LogP contribution in [0.4, 0.5) is 10.6 Å². The van der Waals surface area contributed by atoms with Gasteiger partial charge in [-0.15, -0.1) is 0 Å². The third-order valence-corrected chi connectivity index (χ3v) is 6.80. The number of rotatable bonds is 3. The van der Waals surface area contributed by atoms with Crippen molar-refractivity contribution in [3.05, 3.63) is 70.3 Å². The minimum absolute atomic E-state index is 0.284. The van der Waals surface area contributed by atoms with Gasteiger partial charge in [0.15, 0.2) is 5.65 Å². The zero-order valence-corrected chi connectivity index (χ0v) is 22.8. The standard InChI is InChI=1S/C28H29Cl2N5O2/c1-18-17-23(33-13-15-34(16-14-33)27(36)37-28(2,3)4)35-26(31-18)24(19-9-11-20(29)12-10-19)25(32-35)21-7-5-6-8-22(21)30/h5-12,17H,13-16H2,1-4H3. The number of hydrogen-bond donors (Lipinski definition) is 0. The number of ether oxygens (including phenoxy) is 1. The van der Waals surface area contributed by atoms with Crippen molar-refractivity contribution in [2.75, 3.05) is 31.1 Å². The molecule has 2 aromatic carbocycles. The molecule has 0 atom stereocenters. The number of hydrogen-bond acceptors (Lipinski definition) is 5. The SMILES string of the molecule is Cc1cc(N2CCN(C(=O)OC(C)(C)C)CC2)n2nc(-c3ccccc3Cl)c(-c3ccc(Cl)cc3)c2n1. The molecule has 37 heavy (non-hydrogen) atoms. The molecule has 2 aromatic heterocycles. The lowest BCUT2D eigenvalue weighted by molar-refractivity contribution is 0.0240. The van der Waals surface area contributed by atoms with Gasteiger partial charge in [0.05, 0.1) is 10.6 Å². The molecule has 0 aliphatic carbocycles. The molecule has 0 radical (unpaired) electrons. The van der Waals surface area contributed by atoms with E-state index in [1.807, 2.05) is 86.8 Å². The Labute approximate surface area is 226 Å². The summed E-state index contributed by atoms with van der Waals surface area (Å²) in [5.41, 5.74) is 4.51. The number of nitrogens with zero attached hydrogens (tertiary/aromatic N) is 5. The van der Waals surface area contributed by atoms with E-state index in [0.717, 1.165) is 39.5 Å². The fourth-order valence-corrected chi connectivity index (χ4v) is 4.86. The number of benzene rings is 2. The fraction of sp³-hybridized carbons (Fsp3) is 0.321. The van der Waals surface area contributed by atoms with Gasteiger partial charge in [-0.1, -0.05) is 53.5 Å². The van der Waals surface area contributed by atoms with E-state index in [4.69, 9.17) is 38.0 Å². The molecule has 1 aliphatic rings. The Morgan fingerprint density at radius 2 is 1.65 bits per heavy atom. The largest absolute Gasteiger partial charge is 0.444 e. The van der Waals surface area contributed by atoms with E-state index in [2.05, 4.69) is 4.90 Å². The van der Waals surface area contributed by atoms with Crippen molar-refractivity contribution in [1.29, 1.82) is 0 Å². The highest BCUT2D eigenvalue weighted by molar-refractivity contribution is 6.33. The van der Waals surface area contributed by atoms with Crippen LogP contribution in [0.2, 0.25) is 10.0 Å². The Balaban J connectivity index is 1.58. The predicted molar refractivity (Wildman–Crippen MR) is 149 cm³/mol. The zero-order valence-electron chi connectivity index (χ0n) is 21.3. The van der Waals surface area contributed by atoms with Crippen LogP contribution in [-0.4, -0.2) is 57.4 Å². The molecule has 7 nitrogen and oxygen atoms in total. The Kier molecular flexibility index (Phi) is 6.77. The third kappa shape index (κ3) is 5.24.